The first-order valence-electron chi connectivity index (χ1n) is 13.5. The van der Waals surface area contributed by atoms with Crippen LogP contribution < -0.4 is 16.0 Å². The first-order chi connectivity index (χ1) is 20.2. The van der Waals surface area contributed by atoms with E-state index in [1.54, 1.807) is 43.6 Å². The quantitative estimate of drug-likeness (QED) is 0.171. The average Bonchev–Trinajstić information content (AvgIpc) is 2.97. The van der Waals surface area contributed by atoms with Crippen LogP contribution in [0.5, 0.6) is 0 Å². The highest BCUT2D eigenvalue weighted by atomic mass is 16.2. The summed E-state index contributed by atoms with van der Waals surface area (Å²) in [6.07, 6.45) is 6.10. The number of hydrogen-bond donors (Lipinski definition) is 3. The van der Waals surface area contributed by atoms with Gasteiger partial charge in [0, 0.05) is 44.0 Å². The van der Waals surface area contributed by atoms with Gasteiger partial charge in [0.1, 0.15) is 0 Å². The van der Waals surface area contributed by atoms with Gasteiger partial charge in [-0.2, -0.15) is 10.2 Å². The number of nitrogens with zero attached hydrogens (tertiary/aromatic N) is 5. The van der Waals surface area contributed by atoms with Crippen LogP contribution in [0.1, 0.15) is 29.5 Å². The van der Waals surface area contributed by atoms with Crippen molar-refractivity contribution in [2.24, 2.45) is 0 Å². The molecule has 0 saturated heterocycles. The molecule has 3 aromatic rings. The van der Waals surface area contributed by atoms with E-state index in [-0.39, 0.29) is 18.4 Å². The number of aromatic nitrogens is 2. The second kappa shape index (κ2) is 16.2. The fraction of sp³-hybridized carbons (Fsp3) is 0.281. The third-order valence-corrected chi connectivity index (χ3v) is 5.88. The largest absolute Gasteiger partial charge is 0.355 e. The molecule has 42 heavy (non-hydrogen) atoms. The fourth-order valence-corrected chi connectivity index (χ4v) is 3.56. The molecular formula is C32H36N8O2. The Morgan fingerprint density at radius 1 is 1.00 bits per heavy atom. The molecule has 0 saturated carbocycles. The number of rotatable bonds is 12. The first kappa shape index (κ1) is 31.3. The molecule has 3 rings (SSSR count). The maximum absolute atomic E-state index is 12.2. The number of nitriles is 1. The van der Waals surface area contributed by atoms with E-state index in [9.17, 15) is 9.59 Å². The van der Waals surface area contributed by atoms with E-state index in [0.717, 1.165) is 16.9 Å². The zero-order valence-corrected chi connectivity index (χ0v) is 24.4. The third kappa shape index (κ3) is 10.8. The number of aryl methyl sites for hydroxylation is 1. The van der Waals surface area contributed by atoms with Gasteiger partial charge in [0.05, 0.1) is 29.9 Å². The van der Waals surface area contributed by atoms with E-state index in [0.29, 0.717) is 48.8 Å². The molecular weight excluding hydrogens is 528 g/mol. The van der Waals surface area contributed by atoms with Gasteiger partial charge in [0.15, 0.2) is 5.82 Å². The van der Waals surface area contributed by atoms with Gasteiger partial charge in [-0.15, -0.1) is 0 Å². The molecule has 0 unspecified atom stereocenters. The summed E-state index contributed by atoms with van der Waals surface area (Å²) in [5, 5.41) is 18.3. The molecule has 10 heteroatoms. The van der Waals surface area contributed by atoms with Crippen LogP contribution in [-0.4, -0.2) is 72.4 Å². The van der Waals surface area contributed by atoms with Gasteiger partial charge in [0.2, 0.25) is 17.8 Å². The minimum atomic E-state index is -0.219. The third-order valence-electron chi connectivity index (χ3n) is 5.88. The number of unbranched alkanes of at least 4 members (excludes halogenated alkanes) is 1. The zero-order valence-electron chi connectivity index (χ0n) is 24.4. The number of nitrogens with one attached hydrogen (secondary N) is 3. The molecule has 0 atom stereocenters. The summed E-state index contributed by atoms with van der Waals surface area (Å²) in [4.78, 5) is 36.7. The second-order valence-corrected chi connectivity index (χ2v) is 9.88. The Balaban J connectivity index is 1.57. The van der Waals surface area contributed by atoms with Crippen LogP contribution in [-0.2, 0) is 9.59 Å². The van der Waals surface area contributed by atoms with Crippen LogP contribution in [0.15, 0.2) is 66.9 Å². The Kier molecular flexibility index (Phi) is 12.1. The van der Waals surface area contributed by atoms with E-state index in [1.165, 1.54) is 11.0 Å². The van der Waals surface area contributed by atoms with Crippen molar-refractivity contribution in [2.75, 3.05) is 51.4 Å². The van der Waals surface area contributed by atoms with Gasteiger partial charge in [0.25, 0.3) is 0 Å². The molecule has 216 valence electrons. The smallest absolute Gasteiger partial charge is 0.246 e. The molecule has 0 aliphatic heterocycles. The lowest BCUT2D eigenvalue weighted by molar-refractivity contribution is -0.131. The minimum absolute atomic E-state index is 0.00888. The SMILES string of the molecule is Cc1ccc(Nc2nc(Nc3ccc(C#N)cc3)ncc2C#CCCCNC(=O)CN(C)C(=O)/C=C/CN(C)C)cc1. The summed E-state index contributed by atoms with van der Waals surface area (Å²) >= 11 is 0. The number of anilines is 4. The molecule has 0 spiro atoms. The highest BCUT2D eigenvalue weighted by Crippen LogP contribution is 2.21. The fourth-order valence-electron chi connectivity index (χ4n) is 3.56. The number of benzene rings is 2. The van der Waals surface area contributed by atoms with Crippen LogP contribution in [0, 0.1) is 30.1 Å². The normalized spacial score (nSPS) is 10.5. The highest BCUT2D eigenvalue weighted by Gasteiger charge is 2.10. The van der Waals surface area contributed by atoms with Crippen molar-refractivity contribution in [2.45, 2.75) is 19.8 Å². The Labute approximate surface area is 247 Å². The number of carbonyl (C=O) groups is 2. The topological polar surface area (TPSA) is 126 Å². The van der Waals surface area contributed by atoms with E-state index in [1.807, 2.05) is 50.2 Å². The molecule has 2 aromatic carbocycles. The van der Waals surface area contributed by atoms with Crippen molar-refractivity contribution in [3.05, 3.63) is 83.6 Å². The molecule has 0 aliphatic rings. The van der Waals surface area contributed by atoms with Crippen LogP contribution in [0.25, 0.3) is 0 Å². The van der Waals surface area contributed by atoms with Crippen molar-refractivity contribution in [1.29, 1.82) is 5.26 Å². The van der Waals surface area contributed by atoms with Gasteiger partial charge in [-0.3, -0.25) is 9.59 Å². The maximum atomic E-state index is 12.2. The monoisotopic (exact) mass is 564 g/mol. The van der Waals surface area contributed by atoms with Gasteiger partial charge in [-0.05, 0) is 63.8 Å². The molecule has 3 N–H and O–H groups in total. The van der Waals surface area contributed by atoms with Gasteiger partial charge >= 0.3 is 0 Å². The predicted octanol–water partition coefficient (Wildman–Crippen LogP) is 3.97. The molecule has 0 bridgehead atoms. The summed E-state index contributed by atoms with van der Waals surface area (Å²) in [6.45, 7) is 3.12. The van der Waals surface area contributed by atoms with Crippen molar-refractivity contribution in [3.63, 3.8) is 0 Å². The Morgan fingerprint density at radius 3 is 2.38 bits per heavy atom. The predicted molar refractivity (Wildman–Crippen MR) is 165 cm³/mol. The summed E-state index contributed by atoms with van der Waals surface area (Å²) in [6, 6.07) is 17.1. The summed E-state index contributed by atoms with van der Waals surface area (Å²) in [5.74, 6) is 6.78. The standard InChI is InChI=1S/C32H36N8O2/c1-24-11-15-27(16-12-24)36-31-26(22-35-32(38-31)37-28-17-13-25(21-33)14-18-28)9-6-5-7-19-34-29(41)23-40(4)30(42)10-8-20-39(2)3/h8,10-18,22H,5,7,19-20,23H2,1-4H3,(H,34,41)(H2,35,36,37,38)/b10-8+. The van der Waals surface area contributed by atoms with Gasteiger partial charge in [-0.25, -0.2) is 4.98 Å². The Morgan fingerprint density at radius 2 is 1.69 bits per heavy atom. The van der Waals surface area contributed by atoms with Crippen LogP contribution in [0.3, 0.4) is 0 Å². The average molecular weight is 565 g/mol. The number of amides is 2. The summed E-state index contributed by atoms with van der Waals surface area (Å²) < 4.78 is 0. The van der Waals surface area contributed by atoms with Crippen LogP contribution in [0.4, 0.5) is 23.1 Å². The van der Waals surface area contributed by atoms with Gasteiger partial charge < -0.3 is 25.8 Å². The number of hydrogen-bond acceptors (Lipinski definition) is 8. The molecule has 2 amide bonds. The number of carbonyl (C=O) groups excluding carboxylic acids is 2. The van der Waals surface area contributed by atoms with E-state index < -0.39 is 0 Å². The second-order valence-electron chi connectivity index (χ2n) is 9.88. The van der Waals surface area contributed by atoms with Crippen LogP contribution >= 0.6 is 0 Å². The van der Waals surface area contributed by atoms with Gasteiger partial charge in [-0.1, -0.05) is 35.6 Å². The highest BCUT2D eigenvalue weighted by molar-refractivity contribution is 5.91. The molecule has 1 heterocycles. The Hall–Kier alpha value is -5.19. The molecule has 0 fully saturated rings. The van der Waals surface area contributed by atoms with Crippen molar-refractivity contribution in [3.8, 4) is 17.9 Å². The van der Waals surface area contributed by atoms with E-state index in [4.69, 9.17) is 5.26 Å². The Bertz CT molecular complexity index is 1480. The zero-order chi connectivity index (χ0) is 30.3. The van der Waals surface area contributed by atoms with Crippen LogP contribution in [0.2, 0.25) is 0 Å². The van der Waals surface area contributed by atoms with E-state index in [2.05, 4.69) is 43.8 Å². The summed E-state index contributed by atoms with van der Waals surface area (Å²) in [7, 11) is 5.43. The minimum Gasteiger partial charge on any atom is -0.355 e. The number of likely N-dealkylation sites (N-methyl/N-ethyl adjacent to an activating group) is 2. The maximum Gasteiger partial charge on any atom is 0.246 e. The lowest BCUT2D eigenvalue weighted by atomic mass is 10.2. The molecule has 0 aliphatic carbocycles. The summed E-state index contributed by atoms with van der Waals surface area (Å²) in [5.41, 5.74) is 3.97. The lowest BCUT2D eigenvalue weighted by Gasteiger charge is -2.14. The first-order valence-corrected chi connectivity index (χ1v) is 13.5. The molecule has 0 radical (unpaired) electrons. The van der Waals surface area contributed by atoms with Crippen molar-refractivity contribution in [1.82, 2.24) is 25.1 Å². The lowest BCUT2D eigenvalue weighted by Crippen LogP contribution is -2.38. The van der Waals surface area contributed by atoms with E-state index >= 15 is 0 Å². The molecule has 1 aromatic heterocycles. The van der Waals surface area contributed by atoms with Crippen molar-refractivity contribution >= 4 is 35.0 Å². The van der Waals surface area contributed by atoms with Crippen molar-refractivity contribution < 1.29 is 9.59 Å². The molecule has 10 nitrogen and oxygen atoms in total.